The van der Waals surface area contributed by atoms with Gasteiger partial charge in [0.1, 0.15) is 17.5 Å². The maximum absolute atomic E-state index is 12.2. The molecule has 2 atom stereocenters. The van der Waals surface area contributed by atoms with Crippen LogP contribution in [0.4, 0.5) is 0 Å². The molecule has 2 heterocycles. The third kappa shape index (κ3) is 3.04. The van der Waals surface area contributed by atoms with Gasteiger partial charge < -0.3 is 19.5 Å². The minimum absolute atomic E-state index is 0.0114. The first kappa shape index (κ1) is 14.4. The van der Waals surface area contributed by atoms with Crippen molar-refractivity contribution >= 4 is 5.91 Å². The zero-order chi connectivity index (χ0) is 14.7. The molecule has 5 nitrogen and oxygen atoms in total. The Morgan fingerprint density at radius 1 is 1.43 bits per heavy atom. The van der Waals surface area contributed by atoms with Crippen LogP contribution in [0.3, 0.4) is 0 Å². The average Bonchev–Trinajstić information content (AvgIpc) is 3.09. The van der Waals surface area contributed by atoms with Crippen LogP contribution < -0.4 is 4.74 Å². The van der Waals surface area contributed by atoms with E-state index in [4.69, 9.17) is 9.47 Å². The summed E-state index contributed by atoms with van der Waals surface area (Å²) < 4.78 is 11.2. The van der Waals surface area contributed by atoms with Gasteiger partial charge in [0.2, 0.25) is 5.91 Å². The maximum atomic E-state index is 12.2. The number of ether oxygens (including phenoxy) is 2. The number of aliphatic hydroxyl groups is 1. The van der Waals surface area contributed by atoms with Crippen LogP contribution in [0.5, 0.6) is 5.75 Å². The molecular weight excluding hydrogens is 270 g/mol. The van der Waals surface area contributed by atoms with Gasteiger partial charge in [0, 0.05) is 13.2 Å². The Labute approximate surface area is 124 Å². The lowest BCUT2D eigenvalue weighted by Crippen LogP contribution is -2.41. The number of benzene rings is 1. The summed E-state index contributed by atoms with van der Waals surface area (Å²) in [6.07, 6.45) is 1.53. The number of nitrogens with zero attached hydrogens (tertiary/aromatic N) is 1. The molecule has 0 aliphatic carbocycles. The van der Waals surface area contributed by atoms with Crippen molar-refractivity contribution in [2.45, 2.75) is 31.0 Å². The molecule has 2 aliphatic rings. The van der Waals surface area contributed by atoms with Crippen LogP contribution in [0.25, 0.3) is 0 Å². The number of para-hydroxylation sites is 1. The molecule has 3 rings (SSSR count). The lowest BCUT2D eigenvalue weighted by molar-refractivity contribution is -0.131. The summed E-state index contributed by atoms with van der Waals surface area (Å²) in [7, 11) is 0. The molecule has 114 valence electrons. The van der Waals surface area contributed by atoms with Gasteiger partial charge in [0.15, 0.2) is 0 Å². The second kappa shape index (κ2) is 6.03. The van der Waals surface area contributed by atoms with Gasteiger partial charge in [0.25, 0.3) is 0 Å². The zero-order valence-electron chi connectivity index (χ0n) is 12.0. The predicted molar refractivity (Wildman–Crippen MR) is 77.1 cm³/mol. The highest BCUT2D eigenvalue weighted by Crippen LogP contribution is 2.35. The van der Waals surface area contributed by atoms with Gasteiger partial charge in [-0.1, -0.05) is 18.2 Å². The molecule has 21 heavy (non-hydrogen) atoms. The summed E-state index contributed by atoms with van der Waals surface area (Å²) in [6.45, 7) is 1.89. The van der Waals surface area contributed by atoms with E-state index >= 15 is 0 Å². The molecular formula is C16H21NO4. The molecule has 1 N–H and O–H groups in total. The Balaban J connectivity index is 1.48. The van der Waals surface area contributed by atoms with Crippen molar-refractivity contribution in [3.05, 3.63) is 30.3 Å². The predicted octanol–water partition coefficient (Wildman–Crippen LogP) is 1.21. The third-order valence-corrected chi connectivity index (χ3v) is 4.27. The van der Waals surface area contributed by atoms with Gasteiger partial charge in [-0.2, -0.15) is 0 Å². The number of β-amino-alcohol motifs (C(OH)–C–C–N with tert-alkyl or cyclic N) is 1. The van der Waals surface area contributed by atoms with E-state index in [2.05, 4.69) is 0 Å². The van der Waals surface area contributed by atoms with Crippen LogP contribution in [-0.2, 0) is 9.53 Å². The molecule has 0 unspecified atom stereocenters. The number of aliphatic hydroxyl groups excluding tert-OH is 1. The van der Waals surface area contributed by atoms with Crippen LogP contribution in [-0.4, -0.2) is 53.9 Å². The standard InChI is InChI=1S/C16H21NO4/c18-14-11-17(12-16(14)8-4-9-21-16)15(19)7-10-20-13-5-2-1-3-6-13/h1-3,5-6,14,18H,4,7-12H2/t14-,16-/m0/s1. The molecule has 1 amide bonds. The molecule has 0 radical (unpaired) electrons. The highest BCUT2D eigenvalue weighted by atomic mass is 16.5. The van der Waals surface area contributed by atoms with E-state index in [-0.39, 0.29) is 5.91 Å². The van der Waals surface area contributed by atoms with E-state index in [0.717, 1.165) is 18.6 Å². The van der Waals surface area contributed by atoms with Crippen molar-refractivity contribution in [3.63, 3.8) is 0 Å². The van der Waals surface area contributed by atoms with Crippen molar-refractivity contribution in [1.82, 2.24) is 4.90 Å². The van der Waals surface area contributed by atoms with E-state index in [1.807, 2.05) is 30.3 Å². The molecule has 2 fully saturated rings. The van der Waals surface area contributed by atoms with E-state index < -0.39 is 11.7 Å². The number of amides is 1. The van der Waals surface area contributed by atoms with Crippen LogP contribution in [0, 0.1) is 0 Å². The second-order valence-electron chi connectivity index (χ2n) is 5.72. The number of rotatable bonds is 4. The SMILES string of the molecule is O=C(CCOc1ccccc1)N1C[C@H](O)[C@]2(CCCO2)C1. The van der Waals surface area contributed by atoms with Crippen LogP contribution in [0.15, 0.2) is 30.3 Å². The quantitative estimate of drug-likeness (QED) is 0.906. The number of hydrogen-bond donors (Lipinski definition) is 1. The topological polar surface area (TPSA) is 59.0 Å². The van der Waals surface area contributed by atoms with Gasteiger partial charge >= 0.3 is 0 Å². The number of likely N-dealkylation sites (tertiary alicyclic amines) is 1. The lowest BCUT2D eigenvalue weighted by atomic mass is 9.97. The van der Waals surface area contributed by atoms with Gasteiger partial charge in [-0.05, 0) is 25.0 Å². The molecule has 1 aromatic carbocycles. The number of hydrogen-bond acceptors (Lipinski definition) is 4. The summed E-state index contributed by atoms with van der Waals surface area (Å²) in [5, 5.41) is 10.2. The highest BCUT2D eigenvalue weighted by molar-refractivity contribution is 5.77. The minimum Gasteiger partial charge on any atom is -0.493 e. The maximum Gasteiger partial charge on any atom is 0.226 e. The Kier molecular flexibility index (Phi) is 4.12. The van der Waals surface area contributed by atoms with E-state index in [0.29, 0.717) is 32.7 Å². The largest absolute Gasteiger partial charge is 0.493 e. The summed E-state index contributed by atoms with van der Waals surface area (Å²) in [5.74, 6) is 0.778. The smallest absolute Gasteiger partial charge is 0.226 e. The van der Waals surface area contributed by atoms with Gasteiger partial charge in [-0.15, -0.1) is 0 Å². The number of carbonyl (C=O) groups is 1. The van der Waals surface area contributed by atoms with Crippen LogP contribution in [0.1, 0.15) is 19.3 Å². The van der Waals surface area contributed by atoms with E-state index in [1.165, 1.54) is 0 Å². The molecule has 0 bridgehead atoms. The lowest BCUT2D eigenvalue weighted by Gasteiger charge is -2.25. The number of carbonyl (C=O) groups excluding carboxylic acids is 1. The first-order valence-corrected chi connectivity index (χ1v) is 7.47. The Morgan fingerprint density at radius 3 is 2.95 bits per heavy atom. The summed E-state index contributed by atoms with van der Waals surface area (Å²) >= 11 is 0. The summed E-state index contributed by atoms with van der Waals surface area (Å²) in [5.41, 5.74) is -0.518. The summed E-state index contributed by atoms with van der Waals surface area (Å²) in [4.78, 5) is 13.9. The highest BCUT2D eigenvalue weighted by Gasteiger charge is 2.50. The second-order valence-corrected chi connectivity index (χ2v) is 5.72. The monoisotopic (exact) mass is 291 g/mol. The Hall–Kier alpha value is -1.59. The molecule has 5 heteroatoms. The zero-order valence-corrected chi connectivity index (χ0v) is 12.0. The molecule has 2 aliphatic heterocycles. The van der Waals surface area contributed by atoms with Crippen LogP contribution in [0.2, 0.25) is 0 Å². The molecule has 0 aromatic heterocycles. The van der Waals surface area contributed by atoms with Gasteiger partial charge in [0.05, 0.1) is 19.6 Å². The molecule has 2 saturated heterocycles. The molecule has 1 aromatic rings. The van der Waals surface area contributed by atoms with E-state index in [1.54, 1.807) is 4.90 Å². The Bertz CT molecular complexity index is 484. The third-order valence-electron chi connectivity index (χ3n) is 4.27. The van der Waals surface area contributed by atoms with Gasteiger partial charge in [-0.3, -0.25) is 4.79 Å². The first-order chi connectivity index (χ1) is 10.2. The van der Waals surface area contributed by atoms with Crippen molar-refractivity contribution in [1.29, 1.82) is 0 Å². The normalized spacial score (nSPS) is 28.2. The Morgan fingerprint density at radius 2 is 2.24 bits per heavy atom. The van der Waals surface area contributed by atoms with E-state index in [9.17, 15) is 9.90 Å². The van der Waals surface area contributed by atoms with Crippen LogP contribution >= 0.6 is 0 Å². The summed E-state index contributed by atoms with van der Waals surface area (Å²) in [6, 6.07) is 9.45. The average molecular weight is 291 g/mol. The molecule has 1 spiro atoms. The fourth-order valence-corrected chi connectivity index (χ4v) is 3.10. The minimum atomic E-state index is -0.570. The first-order valence-electron chi connectivity index (χ1n) is 7.47. The van der Waals surface area contributed by atoms with Crippen molar-refractivity contribution in [2.24, 2.45) is 0 Å². The van der Waals surface area contributed by atoms with Crippen molar-refractivity contribution < 1.29 is 19.4 Å². The van der Waals surface area contributed by atoms with Gasteiger partial charge in [-0.25, -0.2) is 0 Å². The fraction of sp³-hybridized carbons (Fsp3) is 0.562. The van der Waals surface area contributed by atoms with Crippen molar-refractivity contribution in [3.8, 4) is 5.75 Å². The van der Waals surface area contributed by atoms with Crippen molar-refractivity contribution in [2.75, 3.05) is 26.3 Å². The molecule has 0 saturated carbocycles. The fourth-order valence-electron chi connectivity index (χ4n) is 3.10.